The lowest BCUT2D eigenvalue weighted by atomic mass is 10.1. The Kier molecular flexibility index (Phi) is 5.76. The van der Waals surface area contributed by atoms with Crippen LogP contribution in [0.5, 0.6) is 5.88 Å². The highest BCUT2D eigenvalue weighted by atomic mass is 16.6. The Morgan fingerprint density at radius 1 is 1.09 bits per heavy atom. The van der Waals surface area contributed by atoms with Crippen LogP contribution < -0.4 is 20.7 Å². The number of likely N-dealkylation sites (tertiary alicyclic amines) is 1. The molecule has 3 N–H and O–H groups in total. The lowest BCUT2D eigenvalue weighted by molar-refractivity contribution is 0.0849. The maximum atomic E-state index is 12.8. The van der Waals surface area contributed by atoms with E-state index < -0.39 is 6.09 Å². The van der Waals surface area contributed by atoms with E-state index in [4.69, 9.17) is 4.74 Å². The molecule has 2 fully saturated rings. The van der Waals surface area contributed by atoms with Crippen molar-refractivity contribution in [1.29, 1.82) is 0 Å². The summed E-state index contributed by atoms with van der Waals surface area (Å²) in [5.41, 5.74) is 1.78. The molecule has 176 valence electrons. The van der Waals surface area contributed by atoms with Crippen molar-refractivity contribution >= 4 is 29.2 Å². The number of rotatable bonds is 7. The molecule has 1 aliphatic heterocycles. The highest BCUT2D eigenvalue weighted by Crippen LogP contribution is 2.40. The Labute approximate surface area is 195 Å². The van der Waals surface area contributed by atoms with Crippen LogP contribution in [0, 0.1) is 0 Å². The number of nitrogens with zero attached hydrogens (tertiary/aromatic N) is 7. The van der Waals surface area contributed by atoms with E-state index in [1.165, 1.54) is 17.2 Å². The van der Waals surface area contributed by atoms with E-state index in [1.54, 1.807) is 25.6 Å². The van der Waals surface area contributed by atoms with E-state index in [1.807, 2.05) is 7.05 Å². The standard InChI is InChI=1S/C21H24N10O3/c1-30-9-14(10-30)27-19(32)17-16(8-25-31(17)2)29-21(33)34-20-18(26-13-5-22-11-23-6-13)24-7-15(28-20)12-3-4-12/h5-8,11-12,14H,3-4,9-10H2,1-2H3,(H,24,26)(H,27,32)(H,29,33). The monoisotopic (exact) mass is 464 g/mol. The van der Waals surface area contributed by atoms with Crippen molar-refractivity contribution in [2.45, 2.75) is 24.8 Å². The number of ether oxygens (including phenoxy) is 1. The molecule has 0 bridgehead atoms. The van der Waals surface area contributed by atoms with Crippen LogP contribution in [0.4, 0.5) is 22.0 Å². The Bertz CT molecular complexity index is 1200. The second kappa shape index (κ2) is 9.02. The van der Waals surface area contributed by atoms with Crippen molar-refractivity contribution < 1.29 is 14.3 Å². The third-order valence-electron chi connectivity index (χ3n) is 5.56. The number of carbonyl (C=O) groups is 2. The summed E-state index contributed by atoms with van der Waals surface area (Å²) in [7, 11) is 3.61. The van der Waals surface area contributed by atoms with Gasteiger partial charge in [0.15, 0.2) is 5.82 Å². The predicted molar refractivity (Wildman–Crippen MR) is 121 cm³/mol. The van der Waals surface area contributed by atoms with Gasteiger partial charge < -0.3 is 20.3 Å². The van der Waals surface area contributed by atoms with Gasteiger partial charge in [0.1, 0.15) is 12.0 Å². The van der Waals surface area contributed by atoms with E-state index in [0.717, 1.165) is 31.6 Å². The number of amides is 2. The molecular formula is C21H24N10O3. The number of carbonyl (C=O) groups excluding carboxylic acids is 2. The van der Waals surface area contributed by atoms with Crippen molar-refractivity contribution in [1.82, 2.24) is 39.9 Å². The molecule has 2 amide bonds. The van der Waals surface area contributed by atoms with Crippen molar-refractivity contribution in [3.63, 3.8) is 0 Å². The molecule has 0 aromatic carbocycles. The quantitative estimate of drug-likeness (QED) is 0.466. The maximum absolute atomic E-state index is 12.8. The topological polar surface area (TPSA) is 152 Å². The molecule has 1 saturated heterocycles. The summed E-state index contributed by atoms with van der Waals surface area (Å²) in [5, 5.41) is 12.7. The average molecular weight is 464 g/mol. The first-order chi connectivity index (χ1) is 16.5. The Balaban J connectivity index is 1.32. The van der Waals surface area contributed by atoms with Gasteiger partial charge in [0, 0.05) is 26.1 Å². The summed E-state index contributed by atoms with van der Waals surface area (Å²) >= 11 is 0. The number of likely N-dealkylation sites (N-methyl/N-ethyl adjacent to an activating group) is 1. The molecule has 1 aliphatic carbocycles. The smallest absolute Gasteiger partial charge is 0.387 e. The predicted octanol–water partition coefficient (Wildman–Crippen LogP) is 1.28. The number of anilines is 3. The van der Waals surface area contributed by atoms with Gasteiger partial charge in [0.25, 0.3) is 11.8 Å². The van der Waals surface area contributed by atoms with Crippen molar-refractivity contribution in [3.8, 4) is 5.88 Å². The first-order valence-corrected chi connectivity index (χ1v) is 10.9. The largest absolute Gasteiger partial charge is 0.418 e. The number of nitrogens with one attached hydrogen (secondary N) is 3. The van der Waals surface area contributed by atoms with Gasteiger partial charge in [0.05, 0.1) is 47.9 Å². The molecule has 0 radical (unpaired) electrons. The minimum atomic E-state index is -0.819. The molecule has 34 heavy (non-hydrogen) atoms. The summed E-state index contributed by atoms with van der Waals surface area (Å²) in [5.74, 6) is 0.243. The van der Waals surface area contributed by atoms with Crippen LogP contribution in [0.1, 0.15) is 34.9 Å². The fraction of sp³-hybridized carbons (Fsp3) is 0.381. The van der Waals surface area contributed by atoms with Gasteiger partial charge in [-0.05, 0) is 19.9 Å². The van der Waals surface area contributed by atoms with E-state index in [2.05, 4.69) is 45.9 Å². The number of aromatic nitrogens is 6. The minimum absolute atomic E-state index is 0.0122. The zero-order chi connectivity index (χ0) is 23.7. The van der Waals surface area contributed by atoms with Gasteiger partial charge in [-0.2, -0.15) is 5.10 Å². The van der Waals surface area contributed by atoms with Gasteiger partial charge >= 0.3 is 6.09 Å². The normalized spacial score (nSPS) is 15.9. The first kappa shape index (κ1) is 21.7. The first-order valence-electron chi connectivity index (χ1n) is 10.9. The van der Waals surface area contributed by atoms with E-state index in [9.17, 15) is 9.59 Å². The molecule has 3 aromatic heterocycles. The molecule has 0 spiro atoms. The van der Waals surface area contributed by atoms with Crippen LogP contribution >= 0.6 is 0 Å². The Morgan fingerprint density at radius 2 is 1.85 bits per heavy atom. The minimum Gasteiger partial charge on any atom is -0.387 e. The van der Waals surface area contributed by atoms with Crippen molar-refractivity contribution in [2.24, 2.45) is 7.05 Å². The third kappa shape index (κ3) is 4.78. The van der Waals surface area contributed by atoms with Crippen LogP contribution in [-0.2, 0) is 7.05 Å². The number of hydrogen-bond donors (Lipinski definition) is 3. The highest BCUT2D eigenvalue weighted by Gasteiger charge is 2.29. The maximum Gasteiger partial charge on any atom is 0.418 e. The average Bonchev–Trinajstić information content (AvgIpc) is 3.58. The van der Waals surface area contributed by atoms with Crippen molar-refractivity contribution in [3.05, 3.63) is 42.5 Å². The molecule has 1 saturated carbocycles. The summed E-state index contributed by atoms with van der Waals surface area (Å²) in [6, 6.07) is 0.0586. The Morgan fingerprint density at radius 3 is 2.56 bits per heavy atom. The van der Waals surface area contributed by atoms with Crippen molar-refractivity contribution in [2.75, 3.05) is 30.8 Å². The fourth-order valence-electron chi connectivity index (χ4n) is 3.68. The lowest BCUT2D eigenvalue weighted by Gasteiger charge is -2.36. The molecule has 2 aliphatic rings. The van der Waals surface area contributed by atoms with Gasteiger partial charge in [-0.1, -0.05) is 0 Å². The second-order valence-corrected chi connectivity index (χ2v) is 8.41. The van der Waals surface area contributed by atoms with Crippen LogP contribution in [0.15, 0.2) is 31.1 Å². The molecule has 5 rings (SSSR count). The van der Waals surface area contributed by atoms with Gasteiger partial charge in [-0.25, -0.2) is 24.7 Å². The zero-order valence-corrected chi connectivity index (χ0v) is 18.7. The van der Waals surface area contributed by atoms with E-state index in [-0.39, 0.29) is 35.0 Å². The number of aryl methyl sites for hydroxylation is 1. The van der Waals surface area contributed by atoms with Gasteiger partial charge in [0.2, 0.25) is 0 Å². The van der Waals surface area contributed by atoms with E-state index in [0.29, 0.717) is 11.6 Å². The molecule has 4 heterocycles. The van der Waals surface area contributed by atoms with Gasteiger partial charge in [-0.3, -0.25) is 14.8 Å². The molecule has 0 unspecified atom stereocenters. The van der Waals surface area contributed by atoms with Crippen LogP contribution in [0.3, 0.4) is 0 Å². The van der Waals surface area contributed by atoms with Crippen LogP contribution in [-0.4, -0.2) is 72.8 Å². The summed E-state index contributed by atoms with van der Waals surface area (Å²) in [4.78, 5) is 44.4. The molecule has 13 heteroatoms. The molecule has 3 aromatic rings. The fourth-order valence-corrected chi connectivity index (χ4v) is 3.68. The Hall–Kier alpha value is -4.13. The van der Waals surface area contributed by atoms with Gasteiger partial charge in [-0.15, -0.1) is 0 Å². The number of hydrogen-bond acceptors (Lipinski definition) is 10. The van der Waals surface area contributed by atoms with E-state index >= 15 is 0 Å². The highest BCUT2D eigenvalue weighted by molar-refractivity contribution is 6.01. The molecule has 0 atom stereocenters. The summed E-state index contributed by atoms with van der Waals surface area (Å²) < 4.78 is 6.92. The zero-order valence-electron chi connectivity index (χ0n) is 18.7. The molecular weight excluding hydrogens is 440 g/mol. The lowest BCUT2D eigenvalue weighted by Crippen LogP contribution is -2.57. The second-order valence-electron chi connectivity index (χ2n) is 8.41. The summed E-state index contributed by atoms with van der Waals surface area (Å²) in [6.07, 6.45) is 8.81. The third-order valence-corrected chi connectivity index (χ3v) is 5.56. The van der Waals surface area contributed by atoms with Crippen LogP contribution in [0.2, 0.25) is 0 Å². The van der Waals surface area contributed by atoms with Crippen LogP contribution in [0.25, 0.3) is 0 Å². The molecule has 13 nitrogen and oxygen atoms in total. The SMILES string of the molecule is CN1CC(NC(=O)c2c(NC(=O)Oc3nc(C4CC4)cnc3Nc3cncnc3)cnn2C)C1. The summed E-state index contributed by atoms with van der Waals surface area (Å²) in [6.45, 7) is 1.54.